The zero-order chi connectivity index (χ0) is 20.4. The second-order valence-corrected chi connectivity index (χ2v) is 9.03. The molecular weight excluding hydrogens is 398 g/mol. The van der Waals surface area contributed by atoms with Gasteiger partial charge in [-0.3, -0.25) is 4.79 Å². The van der Waals surface area contributed by atoms with Crippen LogP contribution in [0.3, 0.4) is 0 Å². The van der Waals surface area contributed by atoms with Crippen LogP contribution in [0.5, 0.6) is 11.5 Å². The summed E-state index contributed by atoms with van der Waals surface area (Å²) in [6.07, 6.45) is 0.397. The maximum atomic E-state index is 12.5. The molecule has 1 unspecified atom stereocenters. The average Bonchev–Trinajstić information content (AvgIpc) is 3.27. The number of hydrogen-bond acceptors (Lipinski definition) is 6. The molecule has 1 fully saturated rings. The van der Waals surface area contributed by atoms with E-state index in [4.69, 9.17) is 9.47 Å². The van der Waals surface area contributed by atoms with Crippen molar-refractivity contribution in [3.05, 3.63) is 48.0 Å². The Hall–Kier alpha value is -3.27. The number of benzene rings is 2. The number of sulfone groups is 1. The first-order chi connectivity index (χ1) is 13.9. The normalized spacial score (nSPS) is 18.8. The predicted octanol–water partition coefficient (Wildman–Crippen LogP) is 1.98. The smallest absolute Gasteiger partial charge is 0.319 e. The lowest BCUT2D eigenvalue weighted by molar-refractivity contribution is 0.102. The second-order valence-electron chi connectivity index (χ2n) is 6.80. The summed E-state index contributed by atoms with van der Waals surface area (Å²) in [4.78, 5) is 24.6. The summed E-state index contributed by atoms with van der Waals surface area (Å²) in [7, 11) is -3.08. The first-order valence-corrected chi connectivity index (χ1v) is 10.8. The van der Waals surface area contributed by atoms with Crippen LogP contribution in [0.1, 0.15) is 16.8 Å². The molecule has 0 aromatic heterocycles. The molecule has 2 aromatic rings. The minimum Gasteiger partial charge on any atom is -0.454 e. The van der Waals surface area contributed by atoms with Crippen molar-refractivity contribution in [2.24, 2.45) is 0 Å². The standard InChI is InChI=1S/C19H19N3O6S/c23-18(20-14-4-5-16-17(9-14)28-11-27-16)12-2-1-3-13(8-12)21-19(24)22-15-6-7-29(25,26)10-15/h1-5,8-9,15H,6-7,10-11H2,(H,20,23)(H2,21,22,24). The summed E-state index contributed by atoms with van der Waals surface area (Å²) in [6, 6.07) is 10.6. The van der Waals surface area contributed by atoms with Gasteiger partial charge in [-0.05, 0) is 36.8 Å². The molecule has 3 N–H and O–H groups in total. The van der Waals surface area contributed by atoms with Crippen LogP contribution in [0.15, 0.2) is 42.5 Å². The Bertz CT molecular complexity index is 1070. The van der Waals surface area contributed by atoms with Crippen molar-refractivity contribution in [1.29, 1.82) is 0 Å². The van der Waals surface area contributed by atoms with Crippen molar-refractivity contribution in [3.63, 3.8) is 0 Å². The molecule has 2 heterocycles. The Kier molecular flexibility index (Phi) is 5.01. The lowest BCUT2D eigenvalue weighted by atomic mass is 10.1. The van der Waals surface area contributed by atoms with Gasteiger partial charge in [0.2, 0.25) is 6.79 Å². The van der Waals surface area contributed by atoms with Crippen molar-refractivity contribution in [3.8, 4) is 11.5 Å². The number of amides is 3. The monoisotopic (exact) mass is 417 g/mol. The van der Waals surface area contributed by atoms with Gasteiger partial charge < -0.3 is 25.4 Å². The van der Waals surface area contributed by atoms with E-state index in [2.05, 4.69) is 16.0 Å². The van der Waals surface area contributed by atoms with Crippen molar-refractivity contribution in [1.82, 2.24) is 5.32 Å². The van der Waals surface area contributed by atoms with Crippen LogP contribution in [-0.4, -0.2) is 44.7 Å². The number of urea groups is 1. The van der Waals surface area contributed by atoms with Gasteiger partial charge in [0.1, 0.15) is 0 Å². The van der Waals surface area contributed by atoms with Crippen LogP contribution < -0.4 is 25.4 Å². The third-order valence-corrected chi connectivity index (χ3v) is 6.35. The number of anilines is 2. The van der Waals surface area contributed by atoms with E-state index in [0.717, 1.165) is 0 Å². The fraction of sp³-hybridized carbons (Fsp3) is 0.263. The zero-order valence-electron chi connectivity index (χ0n) is 15.3. The Balaban J connectivity index is 1.37. The third kappa shape index (κ3) is 4.60. The van der Waals surface area contributed by atoms with Crippen molar-refractivity contribution in [2.75, 3.05) is 28.9 Å². The fourth-order valence-electron chi connectivity index (χ4n) is 3.18. The van der Waals surface area contributed by atoms with E-state index >= 15 is 0 Å². The van der Waals surface area contributed by atoms with Crippen molar-refractivity contribution < 1.29 is 27.5 Å². The lowest BCUT2D eigenvalue weighted by Crippen LogP contribution is -2.38. The minimum absolute atomic E-state index is 0.0571. The number of fused-ring (bicyclic) bond motifs is 1. The summed E-state index contributed by atoms with van der Waals surface area (Å²) in [5.74, 6) is 0.847. The molecule has 10 heteroatoms. The molecule has 2 aromatic carbocycles. The molecule has 9 nitrogen and oxygen atoms in total. The minimum atomic E-state index is -3.08. The second kappa shape index (κ2) is 7.63. The van der Waals surface area contributed by atoms with Crippen LogP contribution >= 0.6 is 0 Å². The molecule has 0 bridgehead atoms. The first-order valence-electron chi connectivity index (χ1n) is 8.97. The highest BCUT2D eigenvalue weighted by Crippen LogP contribution is 2.34. The Labute approximate surface area is 167 Å². The van der Waals surface area contributed by atoms with E-state index in [9.17, 15) is 18.0 Å². The molecule has 0 aliphatic carbocycles. The van der Waals surface area contributed by atoms with E-state index in [-0.39, 0.29) is 24.2 Å². The molecule has 0 radical (unpaired) electrons. The van der Waals surface area contributed by atoms with Gasteiger partial charge in [-0.25, -0.2) is 13.2 Å². The quantitative estimate of drug-likeness (QED) is 0.699. The topological polar surface area (TPSA) is 123 Å². The summed E-state index contributed by atoms with van der Waals surface area (Å²) in [5.41, 5.74) is 1.32. The van der Waals surface area contributed by atoms with E-state index in [1.54, 1.807) is 36.4 Å². The molecule has 0 saturated carbocycles. The van der Waals surface area contributed by atoms with Crippen LogP contribution in [0, 0.1) is 0 Å². The largest absolute Gasteiger partial charge is 0.454 e. The Morgan fingerprint density at radius 3 is 2.55 bits per heavy atom. The summed E-state index contributed by atoms with van der Waals surface area (Å²) in [5, 5.41) is 8.03. The molecule has 2 aliphatic heterocycles. The van der Waals surface area contributed by atoms with Crippen LogP contribution in [0.25, 0.3) is 0 Å². The van der Waals surface area contributed by atoms with Gasteiger partial charge in [0.25, 0.3) is 5.91 Å². The molecule has 1 saturated heterocycles. The third-order valence-electron chi connectivity index (χ3n) is 4.58. The SMILES string of the molecule is O=C(Nc1cccc(C(=O)Nc2ccc3c(c2)OCO3)c1)NC1CCS(=O)(=O)C1. The van der Waals surface area contributed by atoms with Crippen molar-refractivity contribution in [2.45, 2.75) is 12.5 Å². The number of ether oxygens (including phenoxy) is 2. The maximum absolute atomic E-state index is 12.5. The summed E-state index contributed by atoms with van der Waals surface area (Å²) in [6.45, 7) is 0.148. The number of hydrogen-bond donors (Lipinski definition) is 3. The predicted molar refractivity (Wildman–Crippen MR) is 106 cm³/mol. The fourth-order valence-corrected chi connectivity index (χ4v) is 4.85. The molecule has 2 aliphatic rings. The highest BCUT2D eigenvalue weighted by molar-refractivity contribution is 7.91. The molecule has 0 spiro atoms. The molecule has 3 amide bonds. The average molecular weight is 417 g/mol. The first kappa shape index (κ1) is 19.1. The highest BCUT2D eigenvalue weighted by atomic mass is 32.2. The Morgan fingerprint density at radius 2 is 1.76 bits per heavy atom. The summed E-state index contributed by atoms with van der Waals surface area (Å²) >= 11 is 0. The van der Waals surface area contributed by atoms with E-state index in [0.29, 0.717) is 34.9 Å². The van der Waals surface area contributed by atoms with E-state index in [1.807, 2.05) is 0 Å². The van der Waals surface area contributed by atoms with Crippen LogP contribution in [-0.2, 0) is 9.84 Å². The maximum Gasteiger partial charge on any atom is 0.319 e. The van der Waals surface area contributed by atoms with Gasteiger partial charge >= 0.3 is 6.03 Å². The van der Waals surface area contributed by atoms with Gasteiger partial charge in [0.15, 0.2) is 21.3 Å². The molecular formula is C19H19N3O6S. The van der Waals surface area contributed by atoms with Crippen molar-refractivity contribution >= 4 is 33.2 Å². The van der Waals surface area contributed by atoms with E-state index < -0.39 is 21.9 Å². The number of rotatable bonds is 4. The lowest BCUT2D eigenvalue weighted by Gasteiger charge is -2.13. The number of carbonyl (C=O) groups is 2. The van der Waals surface area contributed by atoms with Gasteiger partial charge in [-0.1, -0.05) is 6.07 Å². The van der Waals surface area contributed by atoms with Gasteiger partial charge in [0, 0.05) is 29.0 Å². The molecule has 4 rings (SSSR count). The van der Waals surface area contributed by atoms with E-state index in [1.165, 1.54) is 6.07 Å². The van der Waals surface area contributed by atoms with Crippen LogP contribution in [0.4, 0.5) is 16.2 Å². The summed E-state index contributed by atoms with van der Waals surface area (Å²) < 4.78 is 33.5. The van der Waals surface area contributed by atoms with Gasteiger partial charge in [-0.2, -0.15) is 0 Å². The molecule has 1 atom stereocenters. The zero-order valence-corrected chi connectivity index (χ0v) is 16.1. The van der Waals surface area contributed by atoms with Crippen LogP contribution in [0.2, 0.25) is 0 Å². The number of carbonyl (C=O) groups excluding carboxylic acids is 2. The molecule has 29 heavy (non-hydrogen) atoms. The molecule has 152 valence electrons. The Morgan fingerprint density at radius 1 is 0.966 bits per heavy atom. The highest BCUT2D eigenvalue weighted by Gasteiger charge is 2.28. The van der Waals surface area contributed by atoms with Gasteiger partial charge in [0.05, 0.1) is 11.5 Å². The number of nitrogens with one attached hydrogen (secondary N) is 3. The van der Waals surface area contributed by atoms with Gasteiger partial charge in [-0.15, -0.1) is 0 Å².